The lowest BCUT2D eigenvalue weighted by molar-refractivity contribution is -0.157. The molecule has 38 heavy (non-hydrogen) atoms. The molecule has 0 amide bonds. The SMILES string of the molecule is CCCCCCCCc1cnc(-c2ccc(OC[C@H]3CC[C@H](OC(=O)[C@@H](F)CCCC)CC3)c(Cl)c2)nc1. The number of ether oxygens (including phenoxy) is 2. The van der Waals surface area contributed by atoms with Gasteiger partial charge >= 0.3 is 5.97 Å². The van der Waals surface area contributed by atoms with Gasteiger partial charge in [-0.3, -0.25) is 0 Å². The fourth-order valence-corrected chi connectivity index (χ4v) is 5.10. The number of carbonyl (C=O) groups is 1. The molecule has 1 aromatic heterocycles. The minimum atomic E-state index is -1.51. The first-order valence-corrected chi connectivity index (χ1v) is 15.0. The number of rotatable bonds is 16. The minimum Gasteiger partial charge on any atom is -0.492 e. The molecule has 0 N–H and O–H groups in total. The van der Waals surface area contributed by atoms with Crippen molar-refractivity contribution in [1.82, 2.24) is 9.97 Å². The molecule has 0 bridgehead atoms. The molecular formula is C31H44ClFN2O3. The summed E-state index contributed by atoms with van der Waals surface area (Å²) >= 11 is 6.52. The summed E-state index contributed by atoms with van der Waals surface area (Å²) in [6.07, 6.45) is 15.8. The summed E-state index contributed by atoms with van der Waals surface area (Å²) in [5.41, 5.74) is 2.03. The van der Waals surface area contributed by atoms with Crippen LogP contribution in [0, 0.1) is 5.92 Å². The molecule has 1 atom stereocenters. The second-order valence-electron chi connectivity index (χ2n) is 10.6. The molecule has 0 radical (unpaired) electrons. The van der Waals surface area contributed by atoms with Gasteiger partial charge in [-0.1, -0.05) is 70.4 Å². The van der Waals surface area contributed by atoms with Crippen LogP contribution >= 0.6 is 11.6 Å². The van der Waals surface area contributed by atoms with Crippen LogP contribution in [0.3, 0.4) is 0 Å². The van der Waals surface area contributed by atoms with E-state index >= 15 is 0 Å². The van der Waals surface area contributed by atoms with Crippen LogP contribution in [0.25, 0.3) is 11.4 Å². The summed E-state index contributed by atoms with van der Waals surface area (Å²) in [6.45, 7) is 4.77. The summed E-state index contributed by atoms with van der Waals surface area (Å²) in [4.78, 5) is 21.0. The van der Waals surface area contributed by atoms with E-state index in [2.05, 4.69) is 16.9 Å². The number of benzene rings is 1. The van der Waals surface area contributed by atoms with Crippen molar-refractivity contribution in [3.05, 3.63) is 41.2 Å². The van der Waals surface area contributed by atoms with Gasteiger partial charge in [-0.05, 0) is 74.6 Å². The third-order valence-corrected chi connectivity index (χ3v) is 7.63. The average Bonchev–Trinajstić information content (AvgIpc) is 2.94. The third-order valence-electron chi connectivity index (χ3n) is 7.33. The van der Waals surface area contributed by atoms with E-state index in [1.54, 1.807) is 0 Å². The van der Waals surface area contributed by atoms with E-state index in [1.807, 2.05) is 37.5 Å². The van der Waals surface area contributed by atoms with Crippen LogP contribution in [-0.4, -0.2) is 34.8 Å². The lowest BCUT2D eigenvalue weighted by Crippen LogP contribution is -2.30. The molecule has 1 aromatic carbocycles. The molecule has 0 saturated heterocycles. The molecular weight excluding hydrogens is 503 g/mol. The highest BCUT2D eigenvalue weighted by Gasteiger charge is 2.27. The first-order chi connectivity index (χ1) is 18.5. The molecule has 0 unspecified atom stereocenters. The van der Waals surface area contributed by atoms with Gasteiger partial charge in [-0.25, -0.2) is 19.2 Å². The normalized spacial score (nSPS) is 18.2. The second kappa shape index (κ2) is 16.7. The van der Waals surface area contributed by atoms with E-state index in [0.29, 0.717) is 35.5 Å². The Kier molecular flexibility index (Phi) is 13.3. The highest BCUT2D eigenvalue weighted by Crippen LogP contribution is 2.32. The topological polar surface area (TPSA) is 61.3 Å². The van der Waals surface area contributed by atoms with Gasteiger partial charge in [0.15, 0.2) is 12.0 Å². The highest BCUT2D eigenvalue weighted by atomic mass is 35.5. The van der Waals surface area contributed by atoms with Crippen molar-refractivity contribution in [1.29, 1.82) is 0 Å². The first-order valence-electron chi connectivity index (χ1n) is 14.6. The number of carbonyl (C=O) groups excluding carboxylic acids is 1. The number of halogens is 2. The maximum absolute atomic E-state index is 13.9. The molecule has 1 saturated carbocycles. The standard InChI is InChI=1S/C31H44ClFN2O3/c1-3-5-7-8-9-10-11-24-20-34-30(35-21-24)25-15-18-29(27(32)19-25)37-22-23-13-16-26(17-14-23)38-31(36)28(33)12-6-4-2/h15,18-21,23,26,28H,3-14,16-17,22H2,1-2H3/t23-,26-,28-/m0/s1. The number of nitrogens with zero attached hydrogens (tertiary/aromatic N) is 2. The van der Waals surface area contributed by atoms with E-state index in [4.69, 9.17) is 21.1 Å². The Morgan fingerprint density at radius 3 is 2.37 bits per heavy atom. The van der Waals surface area contributed by atoms with Gasteiger partial charge in [-0.15, -0.1) is 0 Å². The maximum Gasteiger partial charge on any atom is 0.340 e. The van der Waals surface area contributed by atoms with Crippen LogP contribution in [0.15, 0.2) is 30.6 Å². The molecule has 5 nitrogen and oxygen atoms in total. The molecule has 1 heterocycles. The summed E-state index contributed by atoms with van der Waals surface area (Å²) in [5, 5.41) is 0.533. The fourth-order valence-electron chi connectivity index (χ4n) is 4.86. The summed E-state index contributed by atoms with van der Waals surface area (Å²) in [7, 11) is 0. The summed E-state index contributed by atoms with van der Waals surface area (Å²) in [5.74, 6) is 0.939. The Balaban J connectivity index is 1.40. The Morgan fingerprint density at radius 1 is 1.00 bits per heavy atom. The van der Waals surface area contributed by atoms with Gasteiger partial charge in [0.1, 0.15) is 11.9 Å². The molecule has 3 rings (SSSR count). The fraction of sp³-hybridized carbons (Fsp3) is 0.645. The van der Waals surface area contributed by atoms with Crippen LogP contribution < -0.4 is 4.74 Å². The minimum absolute atomic E-state index is 0.196. The molecule has 0 spiro atoms. The van der Waals surface area contributed by atoms with Gasteiger partial charge in [0.2, 0.25) is 0 Å². The van der Waals surface area contributed by atoms with E-state index in [1.165, 1.54) is 44.1 Å². The molecule has 7 heteroatoms. The Bertz CT molecular complexity index is 964. The molecule has 2 aromatic rings. The Morgan fingerprint density at radius 2 is 1.68 bits per heavy atom. The molecule has 210 valence electrons. The number of hydrogen-bond donors (Lipinski definition) is 0. The molecule has 1 aliphatic rings. The van der Waals surface area contributed by atoms with Crippen molar-refractivity contribution in [3.63, 3.8) is 0 Å². The Hall–Kier alpha value is -2.21. The van der Waals surface area contributed by atoms with Crippen LogP contribution in [0.2, 0.25) is 5.02 Å². The van der Waals surface area contributed by atoms with Crippen LogP contribution in [-0.2, 0) is 16.0 Å². The van der Waals surface area contributed by atoms with E-state index in [9.17, 15) is 9.18 Å². The number of aryl methyl sites for hydroxylation is 1. The zero-order chi connectivity index (χ0) is 27.2. The van der Waals surface area contributed by atoms with Crippen LogP contribution in [0.1, 0.15) is 103 Å². The molecule has 1 fully saturated rings. The zero-order valence-electron chi connectivity index (χ0n) is 23.1. The predicted molar refractivity (Wildman–Crippen MR) is 151 cm³/mol. The van der Waals surface area contributed by atoms with Gasteiger partial charge in [-0.2, -0.15) is 0 Å². The maximum atomic E-state index is 13.9. The van der Waals surface area contributed by atoms with Gasteiger partial charge in [0.25, 0.3) is 0 Å². The predicted octanol–water partition coefficient (Wildman–Crippen LogP) is 8.71. The lowest BCUT2D eigenvalue weighted by atomic mass is 9.88. The summed E-state index contributed by atoms with van der Waals surface area (Å²) < 4.78 is 25.3. The number of aromatic nitrogens is 2. The molecule has 0 aliphatic heterocycles. The number of esters is 1. The number of unbranched alkanes of at least 4 members (excludes halogenated alkanes) is 6. The second-order valence-corrected chi connectivity index (χ2v) is 11.0. The largest absolute Gasteiger partial charge is 0.492 e. The lowest BCUT2D eigenvalue weighted by Gasteiger charge is -2.28. The third kappa shape index (κ3) is 10.2. The van der Waals surface area contributed by atoms with Crippen molar-refractivity contribution >= 4 is 17.6 Å². The van der Waals surface area contributed by atoms with Crippen molar-refractivity contribution in [3.8, 4) is 17.1 Å². The van der Waals surface area contributed by atoms with Crippen LogP contribution in [0.5, 0.6) is 5.75 Å². The van der Waals surface area contributed by atoms with Crippen molar-refractivity contribution in [2.24, 2.45) is 5.92 Å². The van der Waals surface area contributed by atoms with Crippen molar-refractivity contribution in [2.45, 2.75) is 116 Å². The Labute approximate surface area is 232 Å². The van der Waals surface area contributed by atoms with Gasteiger partial charge in [0.05, 0.1) is 11.6 Å². The first kappa shape index (κ1) is 30.3. The monoisotopic (exact) mass is 546 g/mol. The quantitative estimate of drug-likeness (QED) is 0.156. The highest BCUT2D eigenvalue weighted by molar-refractivity contribution is 6.32. The van der Waals surface area contributed by atoms with Crippen molar-refractivity contribution < 1.29 is 18.7 Å². The summed E-state index contributed by atoms with van der Waals surface area (Å²) in [6, 6.07) is 5.66. The van der Waals surface area contributed by atoms with Crippen molar-refractivity contribution in [2.75, 3.05) is 6.61 Å². The smallest absolute Gasteiger partial charge is 0.340 e. The van der Waals surface area contributed by atoms with Gasteiger partial charge < -0.3 is 9.47 Å². The van der Waals surface area contributed by atoms with Gasteiger partial charge in [0, 0.05) is 18.0 Å². The zero-order valence-corrected chi connectivity index (χ0v) is 23.9. The number of alkyl halides is 1. The molecule has 1 aliphatic carbocycles. The average molecular weight is 547 g/mol. The number of hydrogen-bond acceptors (Lipinski definition) is 5. The van der Waals surface area contributed by atoms with E-state index in [-0.39, 0.29) is 12.5 Å². The van der Waals surface area contributed by atoms with Crippen LogP contribution in [0.4, 0.5) is 4.39 Å². The van der Waals surface area contributed by atoms with E-state index < -0.39 is 12.1 Å². The van der Waals surface area contributed by atoms with E-state index in [0.717, 1.165) is 44.1 Å².